The third-order valence-electron chi connectivity index (χ3n) is 4.10. The van der Waals surface area contributed by atoms with Crippen LogP contribution in [0.1, 0.15) is 18.0 Å². The molecule has 0 radical (unpaired) electrons. The maximum absolute atomic E-state index is 5.57. The van der Waals surface area contributed by atoms with Gasteiger partial charge in [-0.3, -0.25) is 0 Å². The van der Waals surface area contributed by atoms with Gasteiger partial charge in [-0.25, -0.2) is 4.98 Å². The highest BCUT2D eigenvalue weighted by atomic mass is 32.2. The topological polar surface area (TPSA) is 40.7 Å². The third kappa shape index (κ3) is 3.38. The first-order valence-corrected chi connectivity index (χ1v) is 9.39. The minimum Gasteiger partial charge on any atom is -0.341 e. The van der Waals surface area contributed by atoms with E-state index in [-0.39, 0.29) is 5.25 Å². The maximum Gasteiger partial charge on any atom is 0.138 e. The van der Waals surface area contributed by atoms with E-state index in [1.165, 1.54) is 10.8 Å². The molecular formula is C20H17N3S2. The first kappa shape index (κ1) is 16.1. The number of nitrogens with one attached hydrogen (secondary N) is 2. The molecule has 3 aromatic carbocycles. The van der Waals surface area contributed by atoms with Crippen molar-refractivity contribution in [2.75, 3.05) is 5.32 Å². The molecule has 0 bridgehead atoms. The second-order valence-corrected chi connectivity index (χ2v) is 7.86. The van der Waals surface area contributed by atoms with Gasteiger partial charge in [0.2, 0.25) is 0 Å². The lowest BCUT2D eigenvalue weighted by Crippen LogP contribution is -2.07. The van der Waals surface area contributed by atoms with Crippen LogP contribution in [0.4, 0.5) is 5.69 Å². The standard InChI is InChI=1S/C20H17N3S2/c1-13(19-21-17-10-4-5-11-18(17)22-19)25-20(24)23-16-12-6-8-14-7-2-3-9-15(14)16/h2-13H,1H3,(H,21,22)(H,23,24). The second-order valence-electron chi connectivity index (χ2n) is 5.84. The van der Waals surface area contributed by atoms with Crippen molar-refractivity contribution < 1.29 is 0 Å². The van der Waals surface area contributed by atoms with E-state index in [4.69, 9.17) is 12.2 Å². The highest BCUT2D eigenvalue weighted by Gasteiger charge is 2.14. The van der Waals surface area contributed by atoms with Gasteiger partial charge in [0.05, 0.1) is 16.3 Å². The predicted molar refractivity (Wildman–Crippen MR) is 112 cm³/mol. The second kappa shape index (κ2) is 6.86. The third-order valence-corrected chi connectivity index (χ3v) is 5.39. The summed E-state index contributed by atoms with van der Waals surface area (Å²) < 4.78 is 0.740. The molecule has 1 atom stereocenters. The molecule has 5 heteroatoms. The molecule has 2 N–H and O–H groups in total. The van der Waals surface area contributed by atoms with Gasteiger partial charge in [-0.05, 0) is 30.5 Å². The number of thioether (sulfide) groups is 1. The number of hydrogen-bond donors (Lipinski definition) is 2. The van der Waals surface area contributed by atoms with Crippen LogP contribution in [-0.4, -0.2) is 14.3 Å². The van der Waals surface area contributed by atoms with E-state index in [2.05, 4.69) is 46.5 Å². The number of imidazole rings is 1. The fourth-order valence-corrected chi connectivity index (χ4v) is 4.11. The summed E-state index contributed by atoms with van der Waals surface area (Å²) in [5.41, 5.74) is 3.07. The molecular weight excluding hydrogens is 346 g/mol. The molecule has 0 fully saturated rings. The highest BCUT2D eigenvalue weighted by molar-refractivity contribution is 8.23. The molecule has 0 spiro atoms. The van der Waals surface area contributed by atoms with Crippen molar-refractivity contribution in [2.45, 2.75) is 12.2 Å². The van der Waals surface area contributed by atoms with E-state index in [1.54, 1.807) is 11.8 Å². The molecule has 4 aromatic rings. The molecule has 0 amide bonds. The Kier molecular flexibility index (Phi) is 4.42. The largest absolute Gasteiger partial charge is 0.341 e. The zero-order valence-electron chi connectivity index (χ0n) is 13.7. The number of anilines is 1. The molecule has 124 valence electrons. The average Bonchev–Trinajstić information content (AvgIpc) is 3.06. The molecule has 25 heavy (non-hydrogen) atoms. The van der Waals surface area contributed by atoms with Crippen LogP contribution in [0.25, 0.3) is 21.8 Å². The number of H-pyrrole nitrogens is 1. The number of aromatic amines is 1. The van der Waals surface area contributed by atoms with Gasteiger partial charge < -0.3 is 10.3 Å². The zero-order valence-corrected chi connectivity index (χ0v) is 15.3. The Balaban J connectivity index is 1.51. The van der Waals surface area contributed by atoms with E-state index >= 15 is 0 Å². The smallest absolute Gasteiger partial charge is 0.138 e. The summed E-state index contributed by atoms with van der Waals surface area (Å²) in [4.78, 5) is 8.03. The zero-order chi connectivity index (χ0) is 17.2. The fourth-order valence-electron chi connectivity index (χ4n) is 2.86. The summed E-state index contributed by atoms with van der Waals surface area (Å²) in [6, 6.07) is 22.6. The lowest BCUT2D eigenvalue weighted by Gasteiger charge is -2.13. The number of benzene rings is 3. The van der Waals surface area contributed by atoms with Crippen molar-refractivity contribution in [3.05, 3.63) is 72.6 Å². The Bertz CT molecular complexity index is 1020. The van der Waals surface area contributed by atoms with Gasteiger partial charge in [-0.15, -0.1) is 0 Å². The van der Waals surface area contributed by atoms with Crippen molar-refractivity contribution in [3.63, 3.8) is 0 Å². The number of thiocarbonyl (C=S) groups is 1. The van der Waals surface area contributed by atoms with Crippen LogP contribution in [0.15, 0.2) is 66.7 Å². The van der Waals surface area contributed by atoms with Crippen LogP contribution in [0.3, 0.4) is 0 Å². The number of nitrogens with zero attached hydrogens (tertiary/aromatic N) is 1. The van der Waals surface area contributed by atoms with Crippen LogP contribution in [-0.2, 0) is 0 Å². The Hall–Kier alpha value is -2.37. The van der Waals surface area contributed by atoms with Crippen molar-refractivity contribution >= 4 is 55.8 Å². The minimum absolute atomic E-state index is 0.141. The van der Waals surface area contributed by atoms with E-state index in [9.17, 15) is 0 Å². The van der Waals surface area contributed by atoms with Gasteiger partial charge in [-0.1, -0.05) is 72.5 Å². The van der Waals surface area contributed by atoms with Gasteiger partial charge in [0.15, 0.2) is 0 Å². The monoisotopic (exact) mass is 363 g/mol. The van der Waals surface area contributed by atoms with E-state index in [0.717, 1.165) is 26.9 Å². The normalized spacial score (nSPS) is 12.4. The summed E-state index contributed by atoms with van der Waals surface area (Å²) in [6.07, 6.45) is 0. The molecule has 1 aromatic heterocycles. The Labute approximate surface area is 155 Å². The van der Waals surface area contributed by atoms with E-state index in [1.807, 2.05) is 42.5 Å². The lowest BCUT2D eigenvalue weighted by atomic mass is 10.1. The summed E-state index contributed by atoms with van der Waals surface area (Å²) in [7, 11) is 0. The number of aromatic nitrogens is 2. The molecule has 0 saturated carbocycles. The number of para-hydroxylation sites is 2. The summed E-state index contributed by atoms with van der Waals surface area (Å²) in [5.74, 6) is 0.938. The molecule has 3 nitrogen and oxygen atoms in total. The van der Waals surface area contributed by atoms with Crippen molar-refractivity contribution in [3.8, 4) is 0 Å². The molecule has 1 heterocycles. The van der Waals surface area contributed by atoms with Crippen LogP contribution in [0.5, 0.6) is 0 Å². The number of rotatable bonds is 3. The molecule has 0 saturated heterocycles. The predicted octanol–water partition coefficient (Wildman–Crippen LogP) is 5.91. The van der Waals surface area contributed by atoms with Gasteiger partial charge in [0.1, 0.15) is 10.1 Å². The molecule has 1 unspecified atom stereocenters. The number of fused-ring (bicyclic) bond motifs is 2. The minimum atomic E-state index is 0.141. The highest BCUT2D eigenvalue weighted by Crippen LogP contribution is 2.31. The van der Waals surface area contributed by atoms with Crippen molar-refractivity contribution in [1.29, 1.82) is 0 Å². The summed E-state index contributed by atoms with van der Waals surface area (Å²) in [6.45, 7) is 2.11. The first-order chi connectivity index (χ1) is 12.2. The number of hydrogen-bond acceptors (Lipinski definition) is 3. The quantitative estimate of drug-likeness (QED) is 0.444. The van der Waals surface area contributed by atoms with Gasteiger partial charge in [0, 0.05) is 11.1 Å². The SMILES string of the molecule is CC(SC(=S)Nc1cccc2ccccc12)c1nc2ccccc2[nH]1. The van der Waals surface area contributed by atoms with Crippen LogP contribution in [0, 0.1) is 0 Å². The van der Waals surface area contributed by atoms with Gasteiger partial charge in [-0.2, -0.15) is 0 Å². The fraction of sp³-hybridized carbons (Fsp3) is 0.100. The maximum atomic E-state index is 5.57. The van der Waals surface area contributed by atoms with Crippen LogP contribution < -0.4 is 5.32 Å². The summed E-state index contributed by atoms with van der Waals surface area (Å²) >= 11 is 7.16. The van der Waals surface area contributed by atoms with Crippen LogP contribution >= 0.6 is 24.0 Å². The Morgan fingerprint density at radius 1 is 1.04 bits per heavy atom. The average molecular weight is 364 g/mol. The van der Waals surface area contributed by atoms with Crippen molar-refractivity contribution in [1.82, 2.24) is 9.97 Å². The van der Waals surface area contributed by atoms with Gasteiger partial charge in [0.25, 0.3) is 0 Å². The lowest BCUT2D eigenvalue weighted by molar-refractivity contribution is 0.978. The van der Waals surface area contributed by atoms with E-state index < -0.39 is 0 Å². The van der Waals surface area contributed by atoms with E-state index in [0.29, 0.717) is 0 Å². The van der Waals surface area contributed by atoms with Crippen molar-refractivity contribution in [2.24, 2.45) is 0 Å². The Morgan fingerprint density at radius 3 is 2.68 bits per heavy atom. The first-order valence-electron chi connectivity index (χ1n) is 8.11. The molecule has 0 aliphatic carbocycles. The molecule has 4 rings (SSSR count). The summed E-state index contributed by atoms with van der Waals surface area (Å²) in [5, 5.41) is 5.88. The molecule has 0 aliphatic rings. The van der Waals surface area contributed by atoms with Crippen LogP contribution in [0.2, 0.25) is 0 Å². The molecule has 0 aliphatic heterocycles. The van der Waals surface area contributed by atoms with Gasteiger partial charge >= 0.3 is 0 Å². The Morgan fingerprint density at radius 2 is 1.80 bits per heavy atom.